The number of nitrogens with zero attached hydrogens (tertiary/aromatic N) is 1. The van der Waals surface area contributed by atoms with Crippen molar-refractivity contribution in [2.45, 2.75) is 44.2 Å². The summed E-state index contributed by atoms with van der Waals surface area (Å²) < 4.78 is 51.1. The first-order valence-corrected chi connectivity index (χ1v) is 13.2. The lowest BCUT2D eigenvalue weighted by atomic mass is 10.1. The molecular formula is C29H29ClF3N3O3. The highest BCUT2D eigenvalue weighted by molar-refractivity contribution is 6.30. The normalized spacial score (nSPS) is 18.9. The number of ether oxygens (including phenoxy) is 2. The van der Waals surface area contributed by atoms with Crippen LogP contribution < -0.4 is 20.1 Å². The Balaban J connectivity index is 1.22. The lowest BCUT2D eigenvalue weighted by Gasteiger charge is -2.23. The van der Waals surface area contributed by atoms with E-state index in [2.05, 4.69) is 15.5 Å². The molecule has 0 saturated carbocycles. The van der Waals surface area contributed by atoms with E-state index in [1.54, 1.807) is 18.2 Å². The van der Waals surface area contributed by atoms with E-state index >= 15 is 0 Å². The third-order valence-electron chi connectivity index (χ3n) is 7.06. The Morgan fingerprint density at radius 1 is 1.00 bits per heavy atom. The van der Waals surface area contributed by atoms with Gasteiger partial charge in [0.2, 0.25) is 12.7 Å². The van der Waals surface area contributed by atoms with Crippen LogP contribution in [0.15, 0.2) is 66.7 Å². The number of rotatable bonds is 9. The molecule has 0 aliphatic carbocycles. The van der Waals surface area contributed by atoms with Crippen molar-refractivity contribution in [1.29, 1.82) is 0 Å². The van der Waals surface area contributed by atoms with Crippen LogP contribution in [0.3, 0.4) is 0 Å². The Hall–Kier alpha value is -3.27. The van der Waals surface area contributed by atoms with E-state index < -0.39 is 17.8 Å². The number of halogens is 4. The summed E-state index contributed by atoms with van der Waals surface area (Å²) in [4.78, 5) is 15.3. The van der Waals surface area contributed by atoms with Crippen LogP contribution >= 0.6 is 11.6 Å². The lowest BCUT2D eigenvalue weighted by Crippen LogP contribution is -2.43. The van der Waals surface area contributed by atoms with Crippen molar-refractivity contribution in [2.24, 2.45) is 0 Å². The topological polar surface area (TPSA) is 62.8 Å². The smallest absolute Gasteiger partial charge is 0.416 e. The molecule has 0 radical (unpaired) electrons. The van der Waals surface area contributed by atoms with Crippen molar-refractivity contribution in [3.63, 3.8) is 0 Å². The van der Waals surface area contributed by atoms with E-state index in [1.807, 2.05) is 30.3 Å². The van der Waals surface area contributed by atoms with Gasteiger partial charge < -0.3 is 20.1 Å². The molecule has 2 aliphatic rings. The van der Waals surface area contributed by atoms with Gasteiger partial charge in [0.15, 0.2) is 11.5 Å². The molecule has 2 N–H and O–H groups in total. The van der Waals surface area contributed by atoms with Crippen molar-refractivity contribution in [3.05, 3.63) is 94.0 Å². The van der Waals surface area contributed by atoms with Crippen LogP contribution in [-0.2, 0) is 30.5 Å². The fourth-order valence-corrected chi connectivity index (χ4v) is 5.20. The minimum atomic E-state index is -4.42. The lowest BCUT2D eigenvalue weighted by molar-refractivity contribution is -0.138. The molecule has 10 heteroatoms. The van der Waals surface area contributed by atoms with Crippen LogP contribution in [0.25, 0.3) is 0 Å². The first-order valence-electron chi connectivity index (χ1n) is 12.8. The molecule has 6 nitrogen and oxygen atoms in total. The van der Waals surface area contributed by atoms with Gasteiger partial charge in [0.1, 0.15) is 0 Å². The monoisotopic (exact) mass is 559 g/mol. The van der Waals surface area contributed by atoms with Crippen LogP contribution in [0.4, 0.5) is 13.2 Å². The standard InChI is InChI=1S/C29H29ClF3N3O3/c30-22-8-5-20(6-9-22)16-36-17-23(35-15-21-3-1-2-4-24(21)29(31,32)33)14-25(36)28(37)34-12-11-19-7-10-26-27(13-19)39-18-38-26/h1-10,13,23,25,35H,11-12,14-18H2,(H,34,37)/t23-,25-/m0/s1. The number of amides is 1. The van der Waals surface area contributed by atoms with Gasteiger partial charge in [0, 0.05) is 37.2 Å². The third-order valence-corrected chi connectivity index (χ3v) is 7.31. The summed E-state index contributed by atoms with van der Waals surface area (Å²) in [5.41, 5.74) is 1.56. The van der Waals surface area contributed by atoms with Gasteiger partial charge in [-0.2, -0.15) is 13.2 Å². The summed E-state index contributed by atoms with van der Waals surface area (Å²) in [5.74, 6) is 1.30. The molecule has 0 bridgehead atoms. The fraction of sp³-hybridized carbons (Fsp3) is 0.345. The van der Waals surface area contributed by atoms with Gasteiger partial charge in [-0.25, -0.2) is 0 Å². The highest BCUT2D eigenvalue weighted by Gasteiger charge is 2.37. The summed E-state index contributed by atoms with van der Waals surface area (Å²) in [5, 5.41) is 6.92. The van der Waals surface area contributed by atoms with E-state index in [4.69, 9.17) is 21.1 Å². The highest BCUT2D eigenvalue weighted by atomic mass is 35.5. The molecule has 39 heavy (non-hydrogen) atoms. The molecular weight excluding hydrogens is 531 g/mol. The zero-order valence-electron chi connectivity index (χ0n) is 21.1. The minimum Gasteiger partial charge on any atom is -0.454 e. The van der Waals surface area contributed by atoms with Gasteiger partial charge in [-0.05, 0) is 59.9 Å². The summed E-state index contributed by atoms with van der Waals surface area (Å²) in [6, 6.07) is 18.1. The molecule has 3 aromatic rings. The van der Waals surface area contributed by atoms with E-state index in [-0.39, 0.29) is 30.9 Å². The summed E-state index contributed by atoms with van der Waals surface area (Å²) >= 11 is 6.03. The predicted octanol–water partition coefficient (Wildman–Crippen LogP) is 5.18. The first kappa shape index (κ1) is 27.3. The maximum atomic E-state index is 13.4. The Labute approximate surface area is 230 Å². The Morgan fingerprint density at radius 3 is 2.54 bits per heavy atom. The molecule has 2 aliphatic heterocycles. The number of likely N-dealkylation sites (tertiary alicyclic amines) is 1. The van der Waals surface area contributed by atoms with E-state index in [0.717, 1.165) is 17.2 Å². The largest absolute Gasteiger partial charge is 0.454 e. The number of nitrogens with one attached hydrogen (secondary N) is 2. The van der Waals surface area contributed by atoms with Crippen molar-refractivity contribution < 1.29 is 27.4 Å². The molecule has 5 rings (SSSR count). The van der Waals surface area contributed by atoms with Crippen molar-refractivity contribution >= 4 is 17.5 Å². The molecule has 1 saturated heterocycles. The molecule has 0 aromatic heterocycles. The van der Waals surface area contributed by atoms with Crippen LogP contribution in [0, 0.1) is 0 Å². The predicted molar refractivity (Wildman–Crippen MR) is 142 cm³/mol. The molecule has 3 aromatic carbocycles. The van der Waals surface area contributed by atoms with Gasteiger partial charge in [-0.3, -0.25) is 9.69 Å². The summed E-state index contributed by atoms with van der Waals surface area (Å²) in [6.45, 7) is 1.76. The Morgan fingerprint density at radius 2 is 1.74 bits per heavy atom. The number of hydrogen-bond donors (Lipinski definition) is 2. The van der Waals surface area contributed by atoms with Crippen molar-refractivity contribution in [3.8, 4) is 11.5 Å². The molecule has 0 spiro atoms. The second-order valence-electron chi connectivity index (χ2n) is 9.77. The van der Waals surface area contributed by atoms with Crippen LogP contribution in [0.5, 0.6) is 11.5 Å². The molecule has 2 heterocycles. The maximum absolute atomic E-state index is 13.4. The van der Waals surface area contributed by atoms with Gasteiger partial charge in [0.05, 0.1) is 11.6 Å². The zero-order valence-corrected chi connectivity index (χ0v) is 21.9. The number of carbonyl (C=O) groups is 1. The SMILES string of the molecule is O=C(NCCc1ccc2c(c1)OCO2)[C@@H]1C[C@H](NCc2ccccc2C(F)(F)F)CN1Cc1ccc(Cl)cc1. The molecule has 1 amide bonds. The quantitative estimate of drug-likeness (QED) is 0.378. The molecule has 1 fully saturated rings. The zero-order chi connectivity index (χ0) is 27.4. The molecule has 206 valence electrons. The van der Waals surface area contributed by atoms with Gasteiger partial charge in [-0.15, -0.1) is 0 Å². The number of fused-ring (bicyclic) bond motifs is 1. The number of hydrogen-bond acceptors (Lipinski definition) is 5. The van der Waals surface area contributed by atoms with Crippen LogP contribution in [0.2, 0.25) is 5.02 Å². The maximum Gasteiger partial charge on any atom is 0.416 e. The first-order chi connectivity index (χ1) is 18.8. The van der Waals surface area contributed by atoms with Crippen LogP contribution in [0.1, 0.15) is 28.7 Å². The Bertz CT molecular complexity index is 1300. The van der Waals surface area contributed by atoms with E-state index in [0.29, 0.717) is 49.0 Å². The Kier molecular flexibility index (Phi) is 8.30. The number of benzene rings is 3. The van der Waals surface area contributed by atoms with Crippen molar-refractivity contribution in [1.82, 2.24) is 15.5 Å². The average molecular weight is 560 g/mol. The number of alkyl halides is 3. The fourth-order valence-electron chi connectivity index (χ4n) is 5.07. The number of carbonyl (C=O) groups excluding carboxylic acids is 1. The third kappa shape index (κ3) is 6.84. The van der Waals surface area contributed by atoms with Gasteiger partial charge >= 0.3 is 6.18 Å². The second kappa shape index (κ2) is 11.9. The average Bonchev–Trinajstić information content (AvgIpc) is 3.55. The van der Waals surface area contributed by atoms with Crippen LogP contribution in [-0.4, -0.2) is 42.8 Å². The van der Waals surface area contributed by atoms with Crippen molar-refractivity contribution in [2.75, 3.05) is 19.9 Å². The second-order valence-corrected chi connectivity index (χ2v) is 10.2. The highest BCUT2D eigenvalue weighted by Crippen LogP contribution is 2.33. The van der Waals surface area contributed by atoms with E-state index in [1.165, 1.54) is 12.1 Å². The van der Waals surface area contributed by atoms with E-state index in [9.17, 15) is 18.0 Å². The van der Waals surface area contributed by atoms with Gasteiger partial charge in [-0.1, -0.05) is 48.0 Å². The summed E-state index contributed by atoms with van der Waals surface area (Å²) in [6.07, 6.45) is -3.31. The van der Waals surface area contributed by atoms with Gasteiger partial charge in [0.25, 0.3) is 0 Å². The molecule has 0 unspecified atom stereocenters. The molecule has 2 atom stereocenters. The summed E-state index contributed by atoms with van der Waals surface area (Å²) in [7, 11) is 0. The minimum absolute atomic E-state index is 0.0631.